The molecule has 0 radical (unpaired) electrons. The van der Waals surface area contributed by atoms with Crippen LogP contribution in [0.1, 0.15) is 13.3 Å². The maximum absolute atomic E-state index is 5.28. The van der Waals surface area contributed by atoms with Gasteiger partial charge in [-0.25, -0.2) is 0 Å². The third kappa shape index (κ3) is 2.98. The predicted octanol–water partition coefficient (Wildman–Crippen LogP) is 3.21. The number of hydrogen-bond acceptors (Lipinski definition) is 4. The molecule has 1 aromatic carbocycles. The van der Waals surface area contributed by atoms with E-state index in [4.69, 9.17) is 14.2 Å². The fourth-order valence-electron chi connectivity index (χ4n) is 1.36. The molecule has 0 aliphatic carbocycles. The first kappa shape index (κ1) is 13.0. The fraction of sp³-hybridized carbons (Fsp3) is 0.500. The highest BCUT2D eigenvalue weighted by atomic mass is 32.2. The van der Waals surface area contributed by atoms with Crippen LogP contribution in [0.5, 0.6) is 17.2 Å². The van der Waals surface area contributed by atoms with Crippen LogP contribution in [-0.4, -0.2) is 27.1 Å². The molecule has 1 rings (SSSR count). The van der Waals surface area contributed by atoms with Crippen LogP contribution in [0.25, 0.3) is 0 Å². The van der Waals surface area contributed by atoms with Crippen molar-refractivity contribution in [2.24, 2.45) is 0 Å². The van der Waals surface area contributed by atoms with E-state index in [1.54, 1.807) is 33.1 Å². The molecule has 0 atom stereocenters. The van der Waals surface area contributed by atoms with E-state index in [2.05, 4.69) is 6.92 Å². The zero-order chi connectivity index (χ0) is 12.0. The molecule has 0 saturated heterocycles. The van der Waals surface area contributed by atoms with Crippen LogP contribution in [0.2, 0.25) is 0 Å². The molecular formula is C12H18O3S. The van der Waals surface area contributed by atoms with Gasteiger partial charge >= 0.3 is 0 Å². The number of ether oxygens (including phenoxy) is 3. The van der Waals surface area contributed by atoms with E-state index in [1.807, 2.05) is 12.1 Å². The Morgan fingerprint density at radius 3 is 1.94 bits per heavy atom. The van der Waals surface area contributed by atoms with Gasteiger partial charge in [-0.15, -0.1) is 11.8 Å². The van der Waals surface area contributed by atoms with Crippen molar-refractivity contribution >= 4 is 11.8 Å². The van der Waals surface area contributed by atoms with Gasteiger partial charge in [-0.3, -0.25) is 0 Å². The summed E-state index contributed by atoms with van der Waals surface area (Å²) in [6.45, 7) is 2.16. The summed E-state index contributed by atoms with van der Waals surface area (Å²) in [6, 6.07) is 3.95. The summed E-state index contributed by atoms with van der Waals surface area (Å²) in [6.07, 6.45) is 1.14. The van der Waals surface area contributed by atoms with Crippen LogP contribution in [0.4, 0.5) is 0 Å². The van der Waals surface area contributed by atoms with Crippen molar-refractivity contribution in [3.8, 4) is 17.2 Å². The molecule has 0 unspecified atom stereocenters. The molecule has 0 bridgehead atoms. The average molecular weight is 242 g/mol. The van der Waals surface area contributed by atoms with Gasteiger partial charge < -0.3 is 14.2 Å². The van der Waals surface area contributed by atoms with Crippen LogP contribution < -0.4 is 14.2 Å². The van der Waals surface area contributed by atoms with E-state index in [-0.39, 0.29) is 0 Å². The molecule has 0 heterocycles. The number of rotatable bonds is 6. The molecule has 1 aromatic rings. The predicted molar refractivity (Wildman–Crippen MR) is 67.1 cm³/mol. The summed E-state index contributed by atoms with van der Waals surface area (Å²) in [5, 5.41) is 0. The van der Waals surface area contributed by atoms with Gasteiger partial charge in [0.05, 0.1) is 21.3 Å². The second-order valence-electron chi connectivity index (χ2n) is 3.21. The first-order valence-corrected chi connectivity index (χ1v) is 6.18. The SMILES string of the molecule is CCCSc1cc(OC)c(OC)c(OC)c1. The van der Waals surface area contributed by atoms with Crippen molar-refractivity contribution in [1.29, 1.82) is 0 Å². The van der Waals surface area contributed by atoms with Gasteiger partial charge in [0.25, 0.3) is 0 Å². The van der Waals surface area contributed by atoms with Gasteiger partial charge in [0, 0.05) is 4.90 Å². The van der Waals surface area contributed by atoms with Crippen molar-refractivity contribution in [2.45, 2.75) is 18.2 Å². The zero-order valence-electron chi connectivity index (χ0n) is 10.2. The van der Waals surface area contributed by atoms with Gasteiger partial charge in [-0.05, 0) is 24.3 Å². The molecule has 0 amide bonds. The second-order valence-corrected chi connectivity index (χ2v) is 4.38. The van der Waals surface area contributed by atoms with E-state index < -0.39 is 0 Å². The highest BCUT2D eigenvalue weighted by Gasteiger charge is 2.12. The number of methoxy groups -OCH3 is 3. The lowest BCUT2D eigenvalue weighted by Gasteiger charge is -2.13. The average Bonchev–Trinajstić information content (AvgIpc) is 2.34. The molecule has 0 aliphatic heterocycles. The van der Waals surface area contributed by atoms with Gasteiger partial charge in [0.2, 0.25) is 5.75 Å². The Hall–Kier alpha value is -1.03. The van der Waals surface area contributed by atoms with Gasteiger partial charge in [0.1, 0.15) is 0 Å². The Morgan fingerprint density at radius 2 is 1.56 bits per heavy atom. The van der Waals surface area contributed by atoms with Crippen molar-refractivity contribution in [2.75, 3.05) is 27.1 Å². The molecule has 0 aliphatic rings. The molecule has 16 heavy (non-hydrogen) atoms. The summed E-state index contributed by atoms with van der Waals surface area (Å²) in [5.74, 6) is 3.14. The minimum Gasteiger partial charge on any atom is -0.493 e. The molecular weight excluding hydrogens is 224 g/mol. The standard InChI is InChI=1S/C12H18O3S/c1-5-6-16-9-7-10(13-2)12(15-4)11(8-9)14-3/h7-8H,5-6H2,1-4H3. The van der Waals surface area contributed by atoms with Crippen LogP contribution in [0, 0.1) is 0 Å². The summed E-state index contributed by atoms with van der Waals surface area (Å²) < 4.78 is 15.8. The Morgan fingerprint density at radius 1 is 1.00 bits per heavy atom. The lowest BCUT2D eigenvalue weighted by molar-refractivity contribution is 0.323. The minimum absolute atomic E-state index is 0.644. The normalized spacial score (nSPS) is 10.0. The van der Waals surface area contributed by atoms with Crippen LogP contribution in [0.15, 0.2) is 17.0 Å². The molecule has 4 heteroatoms. The number of benzene rings is 1. The van der Waals surface area contributed by atoms with Crippen molar-refractivity contribution < 1.29 is 14.2 Å². The van der Waals surface area contributed by atoms with E-state index in [9.17, 15) is 0 Å². The van der Waals surface area contributed by atoms with E-state index >= 15 is 0 Å². The van der Waals surface area contributed by atoms with Crippen molar-refractivity contribution in [1.82, 2.24) is 0 Å². The summed E-state index contributed by atoms with van der Waals surface area (Å²) in [5.41, 5.74) is 0. The molecule has 0 spiro atoms. The quantitative estimate of drug-likeness (QED) is 0.716. The van der Waals surface area contributed by atoms with E-state index in [0.717, 1.165) is 17.1 Å². The zero-order valence-corrected chi connectivity index (χ0v) is 11.0. The molecule has 90 valence electrons. The summed E-state index contributed by atoms with van der Waals surface area (Å²) >= 11 is 1.78. The highest BCUT2D eigenvalue weighted by molar-refractivity contribution is 7.99. The fourth-order valence-corrected chi connectivity index (χ4v) is 2.18. The van der Waals surface area contributed by atoms with Crippen LogP contribution in [0.3, 0.4) is 0 Å². The first-order chi connectivity index (χ1) is 7.76. The number of hydrogen-bond donors (Lipinski definition) is 0. The monoisotopic (exact) mass is 242 g/mol. The molecule has 0 N–H and O–H groups in total. The lowest BCUT2D eigenvalue weighted by Crippen LogP contribution is -1.95. The minimum atomic E-state index is 0.644. The summed E-state index contributed by atoms with van der Waals surface area (Å²) in [7, 11) is 4.87. The van der Waals surface area contributed by atoms with Gasteiger partial charge in [-0.1, -0.05) is 6.92 Å². The largest absolute Gasteiger partial charge is 0.493 e. The maximum atomic E-state index is 5.28. The summed E-state index contributed by atoms with van der Waals surface area (Å²) in [4.78, 5) is 1.14. The highest BCUT2D eigenvalue weighted by Crippen LogP contribution is 2.40. The smallest absolute Gasteiger partial charge is 0.203 e. The Kier molecular flexibility index (Phi) is 5.32. The van der Waals surface area contributed by atoms with Gasteiger partial charge in [0.15, 0.2) is 11.5 Å². The second kappa shape index (κ2) is 6.53. The van der Waals surface area contributed by atoms with Crippen molar-refractivity contribution in [3.05, 3.63) is 12.1 Å². The molecule has 0 aromatic heterocycles. The molecule has 0 saturated carbocycles. The van der Waals surface area contributed by atoms with Crippen LogP contribution >= 0.6 is 11.8 Å². The third-order valence-electron chi connectivity index (χ3n) is 2.11. The Balaban J connectivity index is 3.05. The Labute approximate surface area is 101 Å². The maximum Gasteiger partial charge on any atom is 0.203 e. The Bertz CT molecular complexity index is 314. The van der Waals surface area contributed by atoms with Crippen LogP contribution in [-0.2, 0) is 0 Å². The lowest BCUT2D eigenvalue weighted by atomic mass is 10.3. The first-order valence-electron chi connectivity index (χ1n) is 5.19. The molecule has 3 nitrogen and oxygen atoms in total. The van der Waals surface area contributed by atoms with E-state index in [0.29, 0.717) is 17.2 Å². The molecule has 0 fully saturated rings. The third-order valence-corrected chi connectivity index (χ3v) is 3.29. The van der Waals surface area contributed by atoms with Crippen molar-refractivity contribution in [3.63, 3.8) is 0 Å². The number of thioether (sulfide) groups is 1. The topological polar surface area (TPSA) is 27.7 Å². The van der Waals surface area contributed by atoms with E-state index in [1.165, 1.54) is 0 Å². The van der Waals surface area contributed by atoms with Gasteiger partial charge in [-0.2, -0.15) is 0 Å².